The standard InChI is InChI=1S/C9H10N2/c1-6-4-7-2-3-11-9(10)8(7)5-6/h2-3,5H,4H2,1H3,(H2,10,11). The fraction of sp³-hybridized carbons (Fsp3) is 0.222. The van der Waals surface area contributed by atoms with E-state index in [1.54, 1.807) is 6.20 Å². The van der Waals surface area contributed by atoms with Crippen LogP contribution in [0.3, 0.4) is 0 Å². The normalized spacial score (nSPS) is 14.5. The maximum Gasteiger partial charge on any atom is 0.130 e. The van der Waals surface area contributed by atoms with Crippen LogP contribution in [0.4, 0.5) is 5.82 Å². The summed E-state index contributed by atoms with van der Waals surface area (Å²) >= 11 is 0. The molecule has 2 rings (SSSR count). The number of hydrogen-bond acceptors (Lipinski definition) is 2. The van der Waals surface area contributed by atoms with Crippen molar-refractivity contribution in [3.8, 4) is 0 Å². The predicted molar refractivity (Wildman–Crippen MR) is 46.0 cm³/mol. The summed E-state index contributed by atoms with van der Waals surface area (Å²) in [6, 6.07) is 2.03. The van der Waals surface area contributed by atoms with Crippen molar-refractivity contribution in [1.29, 1.82) is 0 Å². The molecule has 1 aromatic heterocycles. The molecule has 2 N–H and O–H groups in total. The van der Waals surface area contributed by atoms with Gasteiger partial charge in [0.25, 0.3) is 0 Å². The van der Waals surface area contributed by atoms with Crippen LogP contribution in [-0.2, 0) is 6.42 Å². The first kappa shape index (κ1) is 6.40. The van der Waals surface area contributed by atoms with Crippen LogP contribution in [0.2, 0.25) is 0 Å². The third-order valence-electron chi connectivity index (χ3n) is 1.97. The van der Waals surface area contributed by atoms with Gasteiger partial charge in [-0.05, 0) is 25.0 Å². The summed E-state index contributed by atoms with van der Waals surface area (Å²) in [5.74, 6) is 0.652. The third-order valence-corrected chi connectivity index (χ3v) is 1.97. The highest BCUT2D eigenvalue weighted by molar-refractivity contribution is 5.70. The van der Waals surface area contributed by atoms with Crippen molar-refractivity contribution in [3.05, 3.63) is 29.0 Å². The number of allylic oxidation sites excluding steroid dienone is 1. The Morgan fingerprint density at radius 2 is 2.36 bits per heavy atom. The predicted octanol–water partition coefficient (Wildman–Crippen LogP) is 1.62. The van der Waals surface area contributed by atoms with Crippen molar-refractivity contribution in [2.75, 3.05) is 5.73 Å². The number of hydrogen-bond donors (Lipinski definition) is 1. The fourth-order valence-electron chi connectivity index (χ4n) is 1.45. The van der Waals surface area contributed by atoms with Gasteiger partial charge in [-0.2, -0.15) is 0 Å². The maximum absolute atomic E-state index is 5.68. The lowest BCUT2D eigenvalue weighted by atomic mass is 10.1. The quantitative estimate of drug-likeness (QED) is 0.604. The molecular weight excluding hydrogens is 136 g/mol. The van der Waals surface area contributed by atoms with Gasteiger partial charge in [0.1, 0.15) is 5.82 Å². The molecule has 1 aromatic rings. The van der Waals surface area contributed by atoms with Gasteiger partial charge in [-0.1, -0.05) is 11.6 Å². The molecule has 1 aliphatic carbocycles. The highest BCUT2D eigenvalue weighted by Gasteiger charge is 2.11. The van der Waals surface area contributed by atoms with Crippen LogP contribution < -0.4 is 5.73 Å². The van der Waals surface area contributed by atoms with E-state index in [0.717, 1.165) is 12.0 Å². The SMILES string of the molecule is CC1=Cc2c(ccnc2N)C1. The number of anilines is 1. The van der Waals surface area contributed by atoms with Gasteiger partial charge in [0.05, 0.1) is 0 Å². The molecule has 0 atom stereocenters. The van der Waals surface area contributed by atoms with Crippen molar-refractivity contribution in [2.24, 2.45) is 0 Å². The van der Waals surface area contributed by atoms with Gasteiger partial charge in [-0.25, -0.2) is 4.98 Å². The van der Waals surface area contributed by atoms with Crippen LogP contribution >= 0.6 is 0 Å². The molecule has 0 bridgehead atoms. The Hall–Kier alpha value is -1.31. The lowest BCUT2D eigenvalue weighted by molar-refractivity contribution is 1.17. The Morgan fingerprint density at radius 1 is 1.55 bits per heavy atom. The zero-order chi connectivity index (χ0) is 7.84. The van der Waals surface area contributed by atoms with Gasteiger partial charge in [-0.15, -0.1) is 0 Å². The fourth-order valence-corrected chi connectivity index (χ4v) is 1.45. The monoisotopic (exact) mass is 146 g/mol. The van der Waals surface area contributed by atoms with E-state index in [4.69, 9.17) is 5.73 Å². The Bertz CT molecular complexity index is 326. The number of fused-ring (bicyclic) bond motifs is 1. The van der Waals surface area contributed by atoms with E-state index in [2.05, 4.69) is 18.0 Å². The molecule has 0 spiro atoms. The molecular formula is C9H10N2. The zero-order valence-electron chi connectivity index (χ0n) is 6.46. The van der Waals surface area contributed by atoms with E-state index >= 15 is 0 Å². The molecule has 56 valence electrons. The Kier molecular flexibility index (Phi) is 1.22. The van der Waals surface area contributed by atoms with Crippen molar-refractivity contribution < 1.29 is 0 Å². The van der Waals surface area contributed by atoms with Crippen LogP contribution in [0.1, 0.15) is 18.1 Å². The lowest BCUT2D eigenvalue weighted by Crippen LogP contribution is -1.94. The topological polar surface area (TPSA) is 38.9 Å². The summed E-state index contributed by atoms with van der Waals surface area (Å²) in [4.78, 5) is 4.02. The van der Waals surface area contributed by atoms with Gasteiger partial charge in [0.2, 0.25) is 0 Å². The minimum absolute atomic E-state index is 0.652. The van der Waals surface area contributed by atoms with E-state index in [-0.39, 0.29) is 0 Å². The second kappa shape index (κ2) is 2.09. The minimum Gasteiger partial charge on any atom is -0.383 e. The van der Waals surface area contributed by atoms with Crippen molar-refractivity contribution >= 4 is 11.9 Å². The van der Waals surface area contributed by atoms with Gasteiger partial charge in [-0.3, -0.25) is 0 Å². The summed E-state index contributed by atoms with van der Waals surface area (Å²) in [6.45, 7) is 2.11. The molecule has 0 saturated carbocycles. The van der Waals surface area contributed by atoms with Crippen LogP contribution in [0, 0.1) is 0 Å². The number of nitrogens with zero attached hydrogens (tertiary/aromatic N) is 1. The summed E-state index contributed by atoms with van der Waals surface area (Å²) < 4.78 is 0. The summed E-state index contributed by atoms with van der Waals surface area (Å²) in [7, 11) is 0. The molecule has 11 heavy (non-hydrogen) atoms. The van der Waals surface area contributed by atoms with E-state index in [0.29, 0.717) is 5.82 Å². The molecule has 0 aromatic carbocycles. The van der Waals surface area contributed by atoms with Crippen molar-refractivity contribution in [1.82, 2.24) is 4.98 Å². The van der Waals surface area contributed by atoms with E-state index in [1.165, 1.54) is 11.1 Å². The third kappa shape index (κ3) is 0.909. The number of pyridine rings is 1. The number of aromatic nitrogens is 1. The van der Waals surface area contributed by atoms with E-state index in [9.17, 15) is 0 Å². The van der Waals surface area contributed by atoms with Gasteiger partial charge >= 0.3 is 0 Å². The smallest absolute Gasteiger partial charge is 0.130 e. The Balaban J connectivity index is 2.61. The van der Waals surface area contributed by atoms with Gasteiger partial charge in [0, 0.05) is 11.8 Å². The first-order chi connectivity index (χ1) is 5.27. The van der Waals surface area contributed by atoms with E-state index in [1.807, 2.05) is 6.07 Å². The van der Waals surface area contributed by atoms with Gasteiger partial charge < -0.3 is 5.73 Å². The number of nitrogens with two attached hydrogens (primary N) is 1. The maximum atomic E-state index is 5.68. The summed E-state index contributed by atoms with van der Waals surface area (Å²) in [6.07, 6.45) is 4.90. The molecule has 1 aliphatic rings. The average Bonchev–Trinajstić information content (AvgIpc) is 2.31. The highest BCUT2D eigenvalue weighted by Crippen LogP contribution is 2.27. The second-order valence-corrected chi connectivity index (χ2v) is 2.94. The lowest BCUT2D eigenvalue weighted by Gasteiger charge is -1.99. The largest absolute Gasteiger partial charge is 0.383 e. The molecule has 0 radical (unpaired) electrons. The molecule has 2 nitrogen and oxygen atoms in total. The summed E-state index contributed by atoms with van der Waals surface area (Å²) in [5, 5.41) is 0. The van der Waals surface area contributed by atoms with E-state index < -0.39 is 0 Å². The molecule has 0 saturated heterocycles. The summed E-state index contributed by atoms with van der Waals surface area (Å²) in [5.41, 5.74) is 9.46. The van der Waals surface area contributed by atoms with Crippen LogP contribution in [0.25, 0.3) is 6.08 Å². The van der Waals surface area contributed by atoms with Gasteiger partial charge in [0.15, 0.2) is 0 Å². The molecule has 0 amide bonds. The number of nitrogen functional groups attached to an aromatic ring is 1. The molecule has 0 unspecified atom stereocenters. The van der Waals surface area contributed by atoms with Crippen LogP contribution in [0.15, 0.2) is 17.8 Å². The Labute approximate surface area is 65.8 Å². The minimum atomic E-state index is 0.652. The first-order valence-corrected chi connectivity index (χ1v) is 3.68. The first-order valence-electron chi connectivity index (χ1n) is 3.68. The average molecular weight is 146 g/mol. The van der Waals surface area contributed by atoms with Crippen molar-refractivity contribution in [3.63, 3.8) is 0 Å². The van der Waals surface area contributed by atoms with Crippen molar-refractivity contribution in [2.45, 2.75) is 13.3 Å². The molecule has 0 aliphatic heterocycles. The molecule has 1 heterocycles. The zero-order valence-corrected chi connectivity index (χ0v) is 6.46. The van der Waals surface area contributed by atoms with Crippen LogP contribution in [-0.4, -0.2) is 4.98 Å². The molecule has 2 heteroatoms. The molecule has 0 fully saturated rings. The Morgan fingerprint density at radius 3 is 3.09 bits per heavy atom. The second-order valence-electron chi connectivity index (χ2n) is 2.94. The number of rotatable bonds is 0. The van der Waals surface area contributed by atoms with Crippen LogP contribution in [0.5, 0.6) is 0 Å². The highest BCUT2D eigenvalue weighted by atomic mass is 14.8.